The van der Waals surface area contributed by atoms with Crippen LogP contribution in [0.3, 0.4) is 0 Å². The topological polar surface area (TPSA) is 90.7 Å². The molecule has 6 nitrogen and oxygen atoms in total. The predicted molar refractivity (Wildman–Crippen MR) is 106 cm³/mol. The number of carbonyl (C=O) groups excluding carboxylic acids is 2. The highest BCUT2D eigenvalue weighted by Gasteiger charge is 2.25. The zero-order valence-electron chi connectivity index (χ0n) is 15.4. The number of carbonyl (C=O) groups is 2. The Morgan fingerprint density at radius 2 is 2.04 bits per heavy atom. The normalized spacial score (nSPS) is 13.1. The van der Waals surface area contributed by atoms with Crippen LogP contribution >= 0.6 is 11.3 Å². The van der Waals surface area contributed by atoms with Crippen molar-refractivity contribution in [3.8, 4) is 5.75 Å². The number of nitrogens with one attached hydrogen (secondary N) is 1. The third-order valence-corrected chi connectivity index (χ3v) is 5.65. The SMILES string of the molecule is CCOCCOc1cccc(C(=O)Nc2sc3c(c2C(N)=O)CCCC3)c1. The van der Waals surface area contributed by atoms with Gasteiger partial charge >= 0.3 is 0 Å². The van der Waals surface area contributed by atoms with Crippen molar-refractivity contribution in [1.29, 1.82) is 0 Å². The average Bonchev–Trinajstić information content (AvgIpc) is 3.03. The third kappa shape index (κ3) is 4.67. The highest BCUT2D eigenvalue weighted by Crippen LogP contribution is 2.38. The summed E-state index contributed by atoms with van der Waals surface area (Å²) in [6.07, 6.45) is 3.90. The smallest absolute Gasteiger partial charge is 0.256 e. The molecule has 0 bridgehead atoms. The van der Waals surface area contributed by atoms with Gasteiger partial charge in [0.15, 0.2) is 0 Å². The second-order valence-corrected chi connectivity index (χ2v) is 7.41. The molecule has 0 fully saturated rings. The quantitative estimate of drug-likeness (QED) is 0.678. The van der Waals surface area contributed by atoms with Gasteiger partial charge in [0.05, 0.1) is 12.2 Å². The number of anilines is 1. The molecule has 0 saturated carbocycles. The van der Waals surface area contributed by atoms with Crippen LogP contribution in [0.15, 0.2) is 24.3 Å². The van der Waals surface area contributed by atoms with Crippen LogP contribution in [-0.4, -0.2) is 31.6 Å². The molecule has 27 heavy (non-hydrogen) atoms. The number of ether oxygens (including phenoxy) is 2. The maximum Gasteiger partial charge on any atom is 0.256 e. The van der Waals surface area contributed by atoms with Crippen LogP contribution in [-0.2, 0) is 17.6 Å². The molecule has 1 aliphatic rings. The Labute approximate surface area is 162 Å². The zero-order valence-corrected chi connectivity index (χ0v) is 16.2. The Hall–Kier alpha value is -2.38. The molecule has 0 aliphatic heterocycles. The molecular weight excluding hydrogens is 364 g/mol. The number of aryl methyl sites for hydroxylation is 1. The van der Waals surface area contributed by atoms with Crippen molar-refractivity contribution in [2.75, 3.05) is 25.1 Å². The lowest BCUT2D eigenvalue weighted by molar-refractivity contribution is 0.100. The molecule has 1 aromatic carbocycles. The summed E-state index contributed by atoms with van der Waals surface area (Å²) in [6, 6.07) is 6.95. The molecular formula is C20H24N2O4S. The van der Waals surface area contributed by atoms with Crippen molar-refractivity contribution in [3.63, 3.8) is 0 Å². The van der Waals surface area contributed by atoms with Gasteiger partial charge in [-0.25, -0.2) is 0 Å². The number of hydrogen-bond donors (Lipinski definition) is 2. The number of benzene rings is 1. The predicted octanol–water partition coefficient (Wildman–Crippen LogP) is 3.39. The van der Waals surface area contributed by atoms with Crippen molar-refractivity contribution in [2.24, 2.45) is 5.73 Å². The molecule has 2 amide bonds. The van der Waals surface area contributed by atoms with Crippen molar-refractivity contribution >= 4 is 28.2 Å². The molecule has 0 radical (unpaired) electrons. The van der Waals surface area contributed by atoms with Crippen LogP contribution in [0.25, 0.3) is 0 Å². The molecule has 0 unspecified atom stereocenters. The monoisotopic (exact) mass is 388 g/mol. The summed E-state index contributed by atoms with van der Waals surface area (Å²) < 4.78 is 10.8. The van der Waals surface area contributed by atoms with Crippen LogP contribution in [0.4, 0.5) is 5.00 Å². The summed E-state index contributed by atoms with van der Waals surface area (Å²) >= 11 is 1.46. The number of nitrogens with two attached hydrogens (primary N) is 1. The number of primary amides is 1. The van der Waals surface area contributed by atoms with Gasteiger partial charge in [-0.05, 0) is 56.4 Å². The fraction of sp³-hybridized carbons (Fsp3) is 0.400. The molecule has 144 valence electrons. The first-order valence-corrected chi connectivity index (χ1v) is 9.98. The maximum absolute atomic E-state index is 12.7. The summed E-state index contributed by atoms with van der Waals surface area (Å²) in [7, 11) is 0. The number of amides is 2. The van der Waals surface area contributed by atoms with E-state index in [0.29, 0.717) is 41.7 Å². The molecule has 0 atom stereocenters. The highest BCUT2D eigenvalue weighted by atomic mass is 32.1. The van der Waals surface area contributed by atoms with Gasteiger partial charge in [-0.1, -0.05) is 6.07 Å². The maximum atomic E-state index is 12.7. The second kappa shape index (κ2) is 9.01. The second-order valence-electron chi connectivity index (χ2n) is 6.31. The number of thiophene rings is 1. The fourth-order valence-electron chi connectivity index (χ4n) is 3.18. The van der Waals surface area contributed by atoms with Crippen LogP contribution < -0.4 is 15.8 Å². The summed E-state index contributed by atoms with van der Waals surface area (Å²) in [6.45, 7) is 3.48. The first-order valence-electron chi connectivity index (χ1n) is 9.16. The summed E-state index contributed by atoms with van der Waals surface area (Å²) in [5, 5.41) is 3.41. The van der Waals surface area contributed by atoms with E-state index in [1.807, 2.05) is 6.92 Å². The van der Waals surface area contributed by atoms with E-state index >= 15 is 0 Å². The number of fused-ring (bicyclic) bond motifs is 1. The standard InChI is InChI=1S/C20H24N2O4S/c1-2-25-10-11-26-14-7-5-6-13(12-14)19(24)22-20-17(18(21)23)15-8-3-4-9-16(15)27-20/h5-7,12H,2-4,8-11H2,1H3,(H2,21,23)(H,22,24). The van der Waals surface area contributed by atoms with E-state index < -0.39 is 5.91 Å². The first-order chi connectivity index (χ1) is 13.1. The van der Waals surface area contributed by atoms with E-state index in [1.54, 1.807) is 24.3 Å². The third-order valence-electron chi connectivity index (χ3n) is 4.44. The van der Waals surface area contributed by atoms with Crippen LogP contribution in [0.5, 0.6) is 5.75 Å². The molecule has 0 spiro atoms. The van der Waals surface area contributed by atoms with Gasteiger partial charge in [0.25, 0.3) is 11.8 Å². The molecule has 1 aromatic heterocycles. The van der Waals surface area contributed by atoms with E-state index in [1.165, 1.54) is 11.3 Å². The Kier molecular flexibility index (Phi) is 6.47. The molecule has 0 saturated heterocycles. The highest BCUT2D eigenvalue weighted by molar-refractivity contribution is 7.17. The van der Waals surface area contributed by atoms with Crippen molar-refractivity contribution in [2.45, 2.75) is 32.6 Å². The van der Waals surface area contributed by atoms with Gasteiger partial charge in [-0.2, -0.15) is 0 Å². The summed E-state index contributed by atoms with van der Waals surface area (Å²) in [4.78, 5) is 25.8. The molecule has 3 rings (SSSR count). The number of rotatable bonds is 8. The first kappa shape index (κ1) is 19.4. The Morgan fingerprint density at radius 1 is 1.22 bits per heavy atom. The van der Waals surface area contributed by atoms with Crippen LogP contribution in [0.1, 0.15) is 50.9 Å². The minimum atomic E-state index is -0.488. The lowest BCUT2D eigenvalue weighted by Crippen LogP contribution is -2.18. The van der Waals surface area contributed by atoms with Crippen molar-refractivity contribution < 1.29 is 19.1 Å². The number of hydrogen-bond acceptors (Lipinski definition) is 5. The van der Waals surface area contributed by atoms with E-state index in [9.17, 15) is 9.59 Å². The molecule has 2 aromatic rings. The fourth-order valence-corrected chi connectivity index (χ4v) is 4.47. The van der Waals surface area contributed by atoms with E-state index in [0.717, 1.165) is 36.1 Å². The van der Waals surface area contributed by atoms with E-state index in [-0.39, 0.29) is 5.91 Å². The zero-order chi connectivity index (χ0) is 19.2. The van der Waals surface area contributed by atoms with Crippen molar-refractivity contribution in [3.05, 3.63) is 45.8 Å². The Bertz CT molecular complexity index is 831. The van der Waals surface area contributed by atoms with Gasteiger partial charge in [-0.15, -0.1) is 11.3 Å². The minimum absolute atomic E-state index is 0.286. The largest absolute Gasteiger partial charge is 0.491 e. The van der Waals surface area contributed by atoms with E-state index in [4.69, 9.17) is 15.2 Å². The summed E-state index contributed by atoms with van der Waals surface area (Å²) in [5.74, 6) is -0.174. The van der Waals surface area contributed by atoms with Gasteiger partial charge in [0, 0.05) is 17.0 Å². The van der Waals surface area contributed by atoms with Gasteiger partial charge in [-0.3, -0.25) is 9.59 Å². The Balaban J connectivity index is 1.74. The lowest BCUT2D eigenvalue weighted by Gasteiger charge is -2.11. The Morgan fingerprint density at radius 3 is 2.81 bits per heavy atom. The minimum Gasteiger partial charge on any atom is -0.491 e. The average molecular weight is 388 g/mol. The molecule has 3 N–H and O–H groups in total. The lowest BCUT2D eigenvalue weighted by atomic mass is 9.95. The van der Waals surface area contributed by atoms with Gasteiger partial charge in [0.2, 0.25) is 0 Å². The van der Waals surface area contributed by atoms with Crippen LogP contribution in [0, 0.1) is 0 Å². The van der Waals surface area contributed by atoms with Gasteiger partial charge < -0.3 is 20.5 Å². The van der Waals surface area contributed by atoms with E-state index in [2.05, 4.69) is 5.32 Å². The molecule has 7 heteroatoms. The van der Waals surface area contributed by atoms with Crippen LogP contribution in [0.2, 0.25) is 0 Å². The van der Waals surface area contributed by atoms with Crippen molar-refractivity contribution in [1.82, 2.24) is 0 Å². The van der Waals surface area contributed by atoms with Gasteiger partial charge in [0.1, 0.15) is 17.4 Å². The molecule has 1 aliphatic carbocycles. The molecule has 1 heterocycles. The summed E-state index contributed by atoms with van der Waals surface area (Å²) in [5.41, 5.74) is 7.52.